The number of ether oxygens (including phenoxy) is 1. The first-order valence-electron chi connectivity index (χ1n) is 8.47. The van der Waals surface area contributed by atoms with E-state index in [1.807, 2.05) is 0 Å². The van der Waals surface area contributed by atoms with Crippen molar-refractivity contribution in [3.63, 3.8) is 0 Å². The van der Waals surface area contributed by atoms with Crippen molar-refractivity contribution < 1.29 is 23.8 Å². The molecule has 13 heteroatoms. The highest BCUT2D eigenvalue weighted by molar-refractivity contribution is 9.10. The summed E-state index contributed by atoms with van der Waals surface area (Å²) in [5.41, 5.74) is -0.340. The number of hydrogen-bond acceptors (Lipinski definition) is 8. The third-order valence-electron chi connectivity index (χ3n) is 3.80. The molecule has 0 spiro atoms. The molecule has 0 radical (unpaired) electrons. The van der Waals surface area contributed by atoms with Crippen molar-refractivity contribution in [2.24, 2.45) is 0 Å². The quantitative estimate of drug-likeness (QED) is 0.377. The number of carbonyl (C=O) groups is 1. The van der Waals surface area contributed by atoms with Crippen LogP contribution in [-0.2, 0) is 6.54 Å². The molecular formula is C17H14BrN5O7. The van der Waals surface area contributed by atoms with E-state index in [9.17, 15) is 25.0 Å². The predicted octanol–water partition coefficient (Wildman–Crippen LogP) is 3.75. The number of furan rings is 1. The van der Waals surface area contributed by atoms with Gasteiger partial charge in [-0.25, -0.2) is 0 Å². The number of hydrogen-bond donors (Lipinski definition) is 1. The van der Waals surface area contributed by atoms with Gasteiger partial charge in [-0.2, -0.15) is 4.68 Å². The van der Waals surface area contributed by atoms with Gasteiger partial charge in [0, 0.05) is 0 Å². The molecule has 30 heavy (non-hydrogen) atoms. The van der Waals surface area contributed by atoms with E-state index in [0.717, 1.165) is 0 Å². The second-order valence-corrected chi connectivity index (χ2v) is 6.70. The number of aromatic nitrogens is 2. The van der Waals surface area contributed by atoms with Crippen molar-refractivity contribution in [3.8, 4) is 5.75 Å². The summed E-state index contributed by atoms with van der Waals surface area (Å²) >= 11 is 3.05. The molecule has 1 aromatic carbocycles. The lowest BCUT2D eigenvalue weighted by molar-refractivity contribution is -0.390. The smallest absolute Gasteiger partial charge is 0.404 e. The van der Waals surface area contributed by atoms with Crippen LogP contribution in [0.25, 0.3) is 0 Å². The van der Waals surface area contributed by atoms with Crippen molar-refractivity contribution in [3.05, 3.63) is 72.8 Å². The Hall–Kier alpha value is -3.74. The fourth-order valence-electron chi connectivity index (χ4n) is 2.54. The zero-order valence-electron chi connectivity index (χ0n) is 15.4. The van der Waals surface area contributed by atoms with Gasteiger partial charge >= 0.3 is 5.82 Å². The monoisotopic (exact) mass is 479 g/mol. The summed E-state index contributed by atoms with van der Waals surface area (Å²) in [5, 5.41) is 28.4. The molecule has 2 aromatic heterocycles. The van der Waals surface area contributed by atoms with Crippen LogP contribution >= 0.6 is 15.9 Å². The van der Waals surface area contributed by atoms with Crippen molar-refractivity contribution in [2.45, 2.75) is 13.5 Å². The molecule has 0 atom stereocenters. The molecule has 3 aromatic rings. The lowest BCUT2D eigenvalue weighted by Gasteiger charge is -2.07. The van der Waals surface area contributed by atoms with Crippen LogP contribution in [0.3, 0.4) is 0 Å². The molecule has 0 aliphatic heterocycles. The van der Waals surface area contributed by atoms with Crippen LogP contribution in [-0.4, -0.2) is 32.1 Å². The average molecular weight is 480 g/mol. The third-order valence-corrected chi connectivity index (χ3v) is 4.36. The number of rotatable bonds is 8. The van der Waals surface area contributed by atoms with E-state index in [1.165, 1.54) is 41.2 Å². The van der Waals surface area contributed by atoms with Gasteiger partial charge in [0.2, 0.25) is 0 Å². The number of benzene rings is 1. The van der Waals surface area contributed by atoms with Crippen LogP contribution in [0.15, 0.2) is 45.4 Å². The molecule has 156 valence electrons. The minimum atomic E-state index is -0.693. The van der Waals surface area contributed by atoms with E-state index < -0.39 is 15.8 Å². The largest absolute Gasteiger partial charge is 0.494 e. The first-order chi connectivity index (χ1) is 14.3. The highest BCUT2D eigenvalue weighted by Gasteiger charge is 2.22. The maximum atomic E-state index is 12.4. The Labute approximate surface area is 176 Å². The Balaban J connectivity index is 1.75. The summed E-state index contributed by atoms with van der Waals surface area (Å²) < 4.78 is 12.2. The highest BCUT2D eigenvalue weighted by Crippen LogP contribution is 2.30. The number of nitro groups is 2. The fraction of sp³-hybridized carbons (Fsp3) is 0.176. The van der Waals surface area contributed by atoms with Crippen molar-refractivity contribution in [1.29, 1.82) is 0 Å². The second-order valence-electron chi connectivity index (χ2n) is 5.84. The maximum Gasteiger partial charge on any atom is 0.404 e. The minimum Gasteiger partial charge on any atom is -0.494 e. The Morgan fingerprint density at radius 2 is 2.03 bits per heavy atom. The number of amides is 1. The normalized spacial score (nSPS) is 10.6. The van der Waals surface area contributed by atoms with Gasteiger partial charge < -0.3 is 24.6 Å². The predicted molar refractivity (Wildman–Crippen MR) is 107 cm³/mol. The first kappa shape index (κ1) is 21.0. The molecule has 3 rings (SSSR count). The minimum absolute atomic E-state index is 0.0157. The molecule has 0 aliphatic carbocycles. The summed E-state index contributed by atoms with van der Waals surface area (Å²) in [6.45, 7) is 2.13. The average Bonchev–Trinajstić information content (AvgIpc) is 3.30. The molecule has 2 heterocycles. The van der Waals surface area contributed by atoms with E-state index >= 15 is 0 Å². The summed E-state index contributed by atoms with van der Waals surface area (Å²) in [5.74, 6) is -0.509. The number of carbonyl (C=O) groups excluding carboxylic acids is 1. The van der Waals surface area contributed by atoms with E-state index in [-0.39, 0.29) is 34.0 Å². The number of nitrogens with one attached hydrogen (secondary N) is 1. The van der Waals surface area contributed by atoms with Crippen LogP contribution in [0.5, 0.6) is 5.75 Å². The number of anilines is 1. The van der Waals surface area contributed by atoms with Gasteiger partial charge in [0.05, 0.1) is 28.9 Å². The van der Waals surface area contributed by atoms with Gasteiger partial charge in [-0.15, -0.1) is 0 Å². The van der Waals surface area contributed by atoms with Gasteiger partial charge in [0.1, 0.15) is 28.2 Å². The highest BCUT2D eigenvalue weighted by atomic mass is 79.9. The molecule has 1 N–H and O–H groups in total. The van der Waals surface area contributed by atoms with Crippen LogP contribution in [0, 0.1) is 20.2 Å². The number of nitro benzene ring substituents is 1. The van der Waals surface area contributed by atoms with E-state index in [0.29, 0.717) is 18.1 Å². The zero-order valence-corrected chi connectivity index (χ0v) is 17.0. The SMILES string of the molecule is CCOc1ccc(NC(=O)c2ccc(Cn3cc(Br)c([N+](=O)[O-])n3)o2)c([N+](=O)[O-])c1. The summed E-state index contributed by atoms with van der Waals surface area (Å²) in [6.07, 6.45) is 1.41. The molecule has 0 saturated carbocycles. The topological polar surface area (TPSA) is 156 Å². The van der Waals surface area contributed by atoms with E-state index in [1.54, 1.807) is 6.92 Å². The Bertz CT molecular complexity index is 1120. The molecule has 0 fully saturated rings. The first-order valence-corrected chi connectivity index (χ1v) is 9.26. The number of halogens is 1. The molecule has 0 unspecified atom stereocenters. The summed E-state index contributed by atoms with van der Waals surface area (Å²) in [4.78, 5) is 33.3. The molecule has 0 bridgehead atoms. The van der Waals surface area contributed by atoms with Gasteiger partial charge in [0.25, 0.3) is 11.6 Å². The Morgan fingerprint density at radius 1 is 1.27 bits per heavy atom. The van der Waals surface area contributed by atoms with Gasteiger partial charge in [-0.1, -0.05) is 0 Å². The van der Waals surface area contributed by atoms with Gasteiger partial charge in [-0.3, -0.25) is 14.9 Å². The lowest BCUT2D eigenvalue weighted by Crippen LogP contribution is -2.12. The molecule has 1 amide bonds. The molecule has 0 aliphatic rings. The van der Waals surface area contributed by atoms with Gasteiger partial charge in [0.15, 0.2) is 5.76 Å². The van der Waals surface area contributed by atoms with Crippen molar-refractivity contribution in [1.82, 2.24) is 9.78 Å². The van der Waals surface area contributed by atoms with Gasteiger partial charge in [-0.05, 0) is 52.0 Å². The third kappa shape index (κ3) is 4.63. The van der Waals surface area contributed by atoms with Crippen LogP contribution in [0.1, 0.15) is 23.2 Å². The summed E-state index contributed by atoms with van der Waals surface area (Å²) in [7, 11) is 0. The zero-order chi connectivity index (χ0) is 21.8. The molecule has 0 saturated heterocycles. The fourth-order valence-corrected chi connectivity index (χ4v) is 3.01. The van der Waals surface area contributed by atoms with E-state index in [2.05, 4.69) is 26.3 Å². The lowest BCUT2D eigenvalue weighted by atomic mass is 10.2. The molecule has 12 nitrogen and oxygen atoms in total. The van der Waals surface area contributed by atoms with Crippen LogP contribution in [0.4, 0.5) is 17.2 Å². The van der Waals surface area contributed by atoms with Crippen LogP contribution < -0.4 is 10.1 Å². The molecular weight excluding hydrogens is 466 g/mol. The van der Waals surface area contributed by atoms with E-state index in [4.69, 9.17) is 9.15 Å². The Morgan fingerprint density at radius 3 is 2.67 bits per heavy atom. The number of nitrogens with zero attached hydrogens (tertiary/aromatic N) is 4. The summed E-state index contributed by atoms with van der Waals surface area (Å²) in [6, 6.07) is 6.98. The standard InChI is InChI=1S/C17H14BrN5O7/c1-2-29-10-3-5-13(14(7-10)22(25)26)19-17(24)15-6-4-11(30-15)8-21-9-12(18)16(20-21)23(27)28/h3-7,9H,2,8H2,1H3,(H,19,24). The maximum absolute atomic E-state index is 12.4. The second kappa shape index (κ2) is 8.73. The van der Waals surface area contributed by atoms with Crippen molar-refractivity contribution in [2.75, 3.05) is 11.9 Å². The Kier molecular flexibility index (Phi) is 6.11. The van der Waals surface area contributed by atoms with Crippen LogP contribution in [0.2, 0.25) is 0 Å². The van der Waals surface area contributed by atoms with Crippen molar-refractivity contribution >= 4 is 39.0 Å².